The molecule has 24 heavy (non-hydrogen) atoms. The van der Waals surface area contributed by atoms with Crippen molar-refractivity contribution in [1.29, 1.82) is 0 Å². The zero-order valence-electron chi connectivity index (χ0n) is 13.6. The predicted molar refractivity (Wildman–Crippen MR) is 91.6 cm³/mol. The van der Waals surface area contributed by atoms with Crippen molar-refractivity contribution < 1.29 is 14.0 Å². The molecule has 124 valence electrons. The molecule has 0 saturated carbocycles. The normalized spacial score (nSPS) is 11.0. The van der Waals surface area contributed by atoms with Crippen molar-refractivity contribution in [3.63, 3.8) is 0 Å². The molecule has 6 nitrogen and oxygen atoms in total. The van der Waals surface area contributed by atoms with Crippen molar-refractivity contribution >= 4 is 28.4 Å². The molecule has 0 aliphatic heterocycles. The van der Waals surface area contributed by atoms with E-state index in [1.807, 2.05) is 32.0 Å². The molecule has 2 amide bonds. The number of benzene rings is 1. The summed E-state index contributed by atoms with van der Waals surface area (Å²) in [7, 11) is 0. The fraction of sp³-hybridized carbons (Fsp3) is 0.222. The lowest BCUT2D eigenvalue weighted by atomic mass is 10.2. The second-order valence-corrected chi connectivity index (χ2v) is 5.89. The van der Waals surface area contributed by atoms with Crippen molar-refractivity contribution in [3.8, 4) is 0 Å². The maximum atomic E-state index is 12.2. The Balaban J connectivity index is 1.73. The molecule has 0 atom stereocenters. The van der Waals surface area contributed by atoms with Crippen LogP contribution in [-0.4, -0.2) is 16.8 Å². The van der Waals surface area contributed by atoms with Gasteiger partial charge in [-0.3, -0.25) is 9.59 Å². The molecule has 3 rings (SSSR count). The summed E-state index contributed by atoms with van der Waals surface area (Å²) in [6, 6.07) is 10.8. The van der Waals surface area contributed by atoms with Crippen LogP contribution < -0.4 is 10.6 Å². The van der Waals surface area contributed by atoms with E-state index in [1.54, 1.807) is 24.5 Å². The molecule has 0 radical (unpaired) electrons. The Bertz CT molecular complexity index is 863. The topological polar surface area (TPSA) is 87.1 Å². The Hall–Kier alpha value is -3.02. The van der Waals surface area contributed by atoms with Gasteiger partial charge in [-0.1, -0.05) is 13.8 Å². The van der Waals surface area contributed by atoms with E-state index in [9.17, 15) is 9.59 Å². The van der Waals surface area contributed by atoms with Crippen LogP contribution in [0, 0.1) is 5.92 Å². The number of fused-ring (bicyclic) bond motifs is 1. The number of amides is 2. The molecule has 2 aromatic heterocycles. The van der Waals surface area contributed by atoms with Crippen molar-refractivity contribution in [2.45, 2.75) is 20.4 Å². The van der Waals surface area contributed by atoms with Crippen molar-refractivity contribution in [2.75, 3.05) is 5.32 Å². The smallest absolute Gasteiger partial charge is 0.268 e. The quantitative estimate of drug-likeness (QED) is 0.672. The van der Waals surface area contributed by atoms with E-state index in [4.69, 9.17) is 4.42 Å². The second kappa shape index (κ2) is 6.62. The standard InChI is InChI=1S/C18H19N3O3/c1-11(2)17(22)20-13-5-6-15-12(8-13)9-16(21-15)18(23)19-10-14-4-3-7-24-14/h3-9,11,21H,10H2,1-2H3,(H,19,23)(H,20,22). The zero-order valence-corrected chi connectivity index (χ0v) is 13.6. The minimum Gasteiger partial charge on any atom is -0.467 e. The van der Waals surface area contributed by atoms with E-state index in [0.29, 0.717) is 23.7 Å². The van der Waals surface area contributed by atoms with E-state index >= 15 is 0 Å². The zero-order chi connectivity index (χ0) is 17.1. The maximum absolute atomic E-state index is 12.2. The number of hydrogen-bond acceptors (Lipinski definition) is 3. The summed E-state index contributed by atoms with van der Waals surface area (Å²) in [5.41, 5.74) is 2.01. The van der Waals surface area contributed by atoms with Crippen LogP contribution in [0.15, 0.2) is 47.1 Å². The molecule has 3 aromatic rings. The predicted octanol–water partition coefficient (Wildman–Crippen LogP) is 3.29. The highest BCUT2D eigenvalue weighted by atomic mass is 16.3. The number of H-pyrrole nitrogens is 1. The lowest BCUT2D eigenvalue weighted by molar-refractivity contribution is -0.118. The first-order valence-electron chi connectivity index (χ1n) is 7.77. The van der Waals surface area contributed by atoms with Gasteiger partial charge in [0.25, 0.3) is 5.91 Å². The van der Waals surface area contributed by atoms with Gasteiger partial charge in [0, 0.05) is 22.5 Å². The van der Waals surface area contributed by atoms with Crippen LogP contribution in [-0.2, 0) is 11.3 Å². The fourth-order valence-electron chi connectivity index (χ4n) is 2.30. The lowest BCUT2D eigenvalue weighted by Crippen LogP contribution is -2.22. The first-order valence-corrected chi connectivity index (χ1v) is 7.77. The summed E-state index contributed by atoms with van der Waals surface area (Å²) < 4.78 is 5.19. The number of anilines is 1. The Morgan fingerprint density at radius 2 is 2.04 bits per heavy atom. The van der Waals surface area contributed by atoms with Crippen molar-refractivity contribution in [2.24, 2.45) is 5.92 Å². The first kappa shape index (κ1) is 15.9. The summed E-state index contributed by atoms with van der Waals surface area (Å²) in [5, 5.41) is 6.50. The van der Waals surface area contributed by atoms with E-state index in [-0.39, 0.29) is 17.7 Å². The molecular formula is C18H19N3O3. The molecule has 0 bridgehead atoms. The van der Waals surface area contributed by atoms with Gasteiger partial charge < -0.3 is 20.0 Å². The Kier molecular flexibility index (Phi) is 4.37. The van der Waals surface area contributed by atoms with Gasteiger partial charge in [0.1, 0.15) is 11.5 Å². The Morgan fingerprint density at radius 1 is 1.21 bits per heavy atom. The van der Waals surface area contributed by atoms with Gasteiger partial charge in [-0.2, -0.15) is 0 Å². The highest BCUT2D eigenvalue weighted by molar-refractivity contribution is 6.00. The number of furan rings is 1. The molecule has 3 N–H and O–H groups in total. The van der Waals surface area contributed by atoms with Gasteiger partial charge in [0.2, 0.25) is 5.91 Å². The highest BCUT2D eigenvalue weighted by Gasteiger charge is 2.12. The Labute approximate surface area is 139 Å². The molecule has 2 heterocycles. The van der Waals surface area contributed by atoms with Crippen molar-refractivity contribution in [3.05, 3.63) is 54.1 Å². The van der Waals surface area contributed by atoms with Gasteiger partial charge >= 0.3 is 0 Å². The summed E-state index contributed by atoms with van der Waals surface area (Å²) >= 11 is 0. The lowest BCUT2D eigenvalue weighted by Gasteiger charge is -2.07. The van der Waals surface area contributed by atoms with E-state index < -0.39 is 0 Å². The molecule has 0 fully saturated rings. The second-order valence-electron chi connectivity index (χ2n) is 5.89. The third kappa shape index (κ3) is 3.48. The maximum Gasteiger partial charge on any atom is 0.268 e. The molecular weight excluding hydrogens is 306 g/mol. The number of aromatic nitrogens is 1. The van der Waals surface area contributed by atoms with Crippen LogP contribution in [0.3, 0.4) is 0 Å². The monoisotopic (exact) mass is 325 g/mol. The van der Waals surface area contributed by atoms with E-state index in [0.717, 1.165) is 10.9 Å². The fourth-order valence-corrected chi connectivity index (χ4v) is 2.30. The highest BCUT2D eigenvalue weighted by Crippen LogP contribution is 2.20. The van der Waals surface area contributed by atoms with Gasteiger partial charge in [-0.25, -0.2) is 0 Å². The van der Waals surface area contributed by atoms with Gasteiger partial charge in [-0.05, 0) is 36.4 Å². The van der Waals surface area contributed by atoms with Crippen LogP contribution >= 0.6 is 0 Å². The third-order valence-electron chi connectivity index (χ3n) is 3.66. The molecule has 6 heteroatoms. The van der Waals surface area contributed by atoms with Crippen LogP contribution in [0.2, 0.25) is 0 Å². The average Bonchev–Trinajstić information content (AvgIpc) is 3.21. The summed E-state index contributed by atoms with van der Waals surface area (Å²) in [6.07, 6.45) is 1.57. The number of rotatable bonds is 5. The molecule has 0 unspecified atom stereocenters. The van der Waals surface area contributed by atoms with E-state index in [1.165, 1.54) is 0 Å². The first-order chi connectivity index (χ1) is 11.5. The van der Waals surface area contributed by atoms with Gasteiger partial charge in [0.15, 0.2) is 0 Å². The molecule has 0 spiro atoms. The van der Waals surface area contributed by atoms with Gasteiger partial charge in [-0.15, -0.1) is 0 Å². The number of carbonyl (C=O) groups excluding carboxylic acids is 2. The van der Waals surface area contributed by atoms with Crippen LogP contribution in [0.1, 0.15) is 30.1 Å². The largest absolute Gasteiger partial charge is 0.467 e. The molecule has 1 aromatic carbocycles. The Morgan fingerprint density at radius 3 is 2.75 bits per heavy atom. The number of hydrogen-bond donors (Lipinski definition) is 3. The van der Waals surface area contributed by atoms with Crippen molar-refractivity contribution in [1.82, 2.24) is 10.3 Å². The third-order valence-corrected chi connectivity index (χ3v) is 3.66. The minimum atomic E-state index is -0.213. The van der Waals surface area contributed by atoms with E-state index in [2.05, 4.69) is 15.6 Å². The van der Waals surface area contributed by atoms with Crippen LogP contribution in [0.5, 0.6) is 0 Å². The minimum absolute atomic E-state index is 0.0405. The molecule has 0 saturated heterocycles. The molecule has 0 aliphatic rings. The SMILES string of the molecule is CC(C)C(=O)Nc1ccc2[nH]c(C(=O)NCc3ccco3)cc2c1. The summed E-state index contributed by atoms with van der Waals surface area (Å²) in [6.45, 7) is 4.01. The van der Waals surface area contributed by atoms with Crippen LogP contribution in [0.4, 0.5) is 5.69 Å². The number of aromatic amines is 1. The average molecular weight is 325 g/mol. The molecule has 0 aliphatic carbocycles. The summed E-state index contributed by atoms with van der Waals surface area (Å²) in [4.78, 5) is 27.0. The van der Waals surface area contributed by atoms with Gasteiger partial charge in [0.05, 0.1) is 12.8 Å². The number of nitrogens with one attached hydrogen (secondary N) is 3. The number of carbonyl (C=O) groups is 2. The van der Waals surface area contributed by atoms with Crippen LogP contribution in [0.25, 0.3) is 10.9 Å². The summed E-state index contributed by atoms with van der Waals surface area (Å²) in [5.74, 6) is 0.352.